The van der Waals surface area contributed by atoms with Gasteiger partial charge in [0.15, 0.2) is 0 Å². The van der Waals surface area contributed by atoms with E-state index in [1.54, 1.807) is 0 Å². The van der Waals surface area contributed by atoms with Gasteiger partial charge in [-0.15, -0.1) is 0 Å². The van der Waals surface area contributed by atoms with E-state index in [1.165, 1.54) is 0 Å². The zero-order chi connectivity index (χ0) is 32.6. The fourth-order valence-corrected chi connectivity index (χ4v) is 3.12. The van der Waals surface area contributed by atoms with Crippen LogP contribution in [0, 0.1) is 0 Å². The van der Waals surface area contributed by atoms with Gasteiger partial charge in [-0.05, 0) is 76.0 Å². The van der Waals surface area contributed by atoms with Crippen LogP contribution in [0.25, 0.3) is 21.3 Å². The number of hydrogen-bond acceptors (Lipinski definition) is 4. The van der Waals surface area contributed by atoms with Gasteiger partial charge >= 0.3 is 68.3 Å². The molecule has 0 saturated heterocycles. The van der Waals surface area contributed by atoms with Crippen molar-refractivity contribution in [3.05, 3.63) is 21.3 Å². The smallest absolute Gasteiger partial charge is 0.467 e. The third kappa shape index (κ3) is 68.9. The van der Waals surface area contributed by atoms with Crippen molar-refractivity contribution in [2.45, 2.75) is 187 Å². The topological polar surface area (TPSA) is 106 Å². The molecule has 0 aromatic rings. The summed E-state index contributed by atoms with van der Waals surface area (Å²) in [6.07, 6.45) is 0. The molecular formula is C32H68Cu4N8. The van der Waals surface area contributed by atoms with Gasteiger partial charge in [-0.2, -0.15) is 0 Å². The Morgan fingerprint density at radius 3 is 0.477 bits per heavy atom. The Morgan fingerprint density at radius 1 is 0.295 bits per heavy atom. The standard InChI is InChI=1S/4C8H17N2.4Cu/c4*1-6(2)9-8(5)10-7(3)4;;;;/h4*6-7H,1-5H3;;;;/q4*-1;4*+1. The zero-order valence-corrected chi connectivity index (χ0v) is 35.2. The summed E-state index contributed by atoms with van der Waals surface area (Å²) in [5.74, 6) is 3.63. The van der Waals surface area contributed by atoms with Crippen molar-refractivity contribution < 1.29 is 68.3 Å². The molecule has 0 aliphatic heterocycles. The van der Waals surface area contributed by atoms with Gasteiger partial charge in [0.1, 0.15) is 0 Å². The van der Waals surface area contributed by atoms with Crippen molar-refractivity contribution in [3.63, 3.8) is 0 Å². The minimum atomic E-state index is 0. The summed E-state index contributed by atoms with van der Waals surface area (Å²) < 4.78 is 0. The van der Waals surface area contributed by atoms with E-state index in [0.29, 0.717) is 48.3 Å². The molecule has 280 valence electrons. The number of amidine groups is 4. The first-order valence-electron chi connectivity index (χ1n) is 15.1. The number of hydrogen-bond donors (Lipinski definition) is 0. The van der Waals surface area contributed by atoms with E-state index in [9.17, 15) is 0 Å². The normalized spacial score (nSPS) is 11.7. The van der Waals surface area contributed by atoms with Gasteiger partial charge in [-0.25, -0.2) is 0 Å². The summed E-state index contributed by atoms with van der Waals surface area (Å²) in [6, 6.07) is 2.91. The van der Waals surface area contributed by atoms with Gasteiger partial charge < -0.3 is 41.2 Å². The predicted molar refractivity (Wildman–Crippen MR) is 187 cm³/mol. The minimum Gasteiger partial charge on any atom is -0.467 e. The van der Waals surface area contributed by atoms with Crippen LogP contribution < -0.4 is 0 Å². The van der Waals surface area contributed by atoms with Gasteiger partial charge in [-0.3, -0.25) is 0 Å². The van der Waals surface area contributed by atoms with E-state index in [4.69, 9.17) is 0 Å². The second-order valence-corrected chi connectivity index (χ2v) is 12.0. The maximum atomic E-state index is 4.27. The van der Waals surface area contributed by atoms with Crippen LogP contribution in [0.1, 0.15) is 138 Å². The second-order valence-electron chi connectivity index (χ2n) is 12.0. The molecule has 0 bridgehead atoms. The number of rotatable bonds is 8. The summed E-state index contributed by atoms with van der Waals surface area (Å²) >= 11 is 0. The Balaban J connectivity index is -0.0000000635. The summed E-state index contributed by atoms with van der Waals surface area (Å²) in [5.41, 5.74) is 0. The van der Waals surface area contributed by atoms with Crippen molar-refractivity contribution in [1.29, 1.82) is 0 Å². The molecule has 44 heavy (non-hydrogen) atoms. The van der Waals surface area contributed by atoms with E-state index in [2.05, 4.69) is 152 Å². The van der Waals surface area contributed by atoms with Crippen molar-refractivity contribution in [1.82, 2.24) is 0 Å². The van der Waals surface area contributed by atoms with Crippen molar-refractivity contribution in [3.8, 4) is 0 Å². The minimum absolute atomic E-state index is 0. The first kappa shape index (κ1) is 62.7. The fourth-order valence-electron chi connectivity index (χ4n) is 3.12. The first-order chi connectivity index (χ1) is 18.1. The molecule has 0 spiro atoms. The maximum Gasteiger partial charge on any atom is 1.00 e. The molecule has 0 radical (unpaired) electrons. The molecule has 0 aromatic carbocycles. The van der Waals surface area contributed by atoms with Crippen molar-refractivity contribution in [2.75, 3.05) is 0 Å². The van der Waals surface area contributed by atoms with Crippen LogP contribution >= 0.6 is 0 Å². The molecule has 0 saturated carbocycles. The number of aliphatic imine (C=N–C) groups is 4. The van der Waals surface area contributed by atoms with Gasteiger partial charge in [0, 0.05) is 0 Å². The SMILES string of the molecule is CC(=NC(C)C)[N-]C(C)C.CC(=NC(C)C)[N-]C(C)C.CC(=NC(C)C)[N-]C(C)C.CC(=NC(C)C)[N-]C(C)C.[Cu+].[Cu+].[Cu+].[Cu+]. The third-order valence-electron chi connectivity index (χ3n) is 3.56. The van der Waals surface area contributed by atoms with Crippen molar-refractivity contribution in [2.24, 2.45) is 20.0 Å². The number of nitrogens with zero attached hydrogens (tertiary/aromatic N) is 8. The van der Waals surface area contributed by atoms with E-state index in [1.807, 2.05) is 27.7 Å². The van der Waals surface area contributed by atoms with Crippen LogP contribution in [-0.4, -0.2) is 71.7 Å². The van der Waals surface area contributed by atoms with Gasteiger partial charge in [-0.1, -0.05) is 134 Å². The summed E-state index contributed by atoms with van der Waals surface area (Å²) in [4.78, 5) is 17.1. The van der Waals surface area contributed by atoms with E-state index in [0.717, 1.165) is 23.3 Å². The van der Waals surface area contributed by atoms with E-state index < -0.39 is 0 Å². The van der Waals surface area contributed by atoms with Crippen molar-refractivity contribution >= 4 is 23.3 Å². The quantitative estimate of drug-likeness (QED) is 0.132. The van der Waals surface area contributed by atoms with Crippen LogP contribution in [0.15, 0.2) is 20.0 Å². The Labute approximate surface area is 317 Å². The van der Waals surface area contributed by atoms with Crippen LogP contribution in [0.4, 0.5) is 0 Å². The van der Waals surface area contributed by atoms with Crippen LogP contribution in [0.3, 0.4) is 0 Å². The molecule has 0 amide bonds. The molecule has 0 heterocycles. The molecule has 0 N–H and O–H groups in total. The van der Waals surface area contributed by atoms with Crippen LogP contribution in [0.5, 0.6) is 0 Å². The molecule has 0 unspecified atom stereocenters. The molecule has 12 heteroatoms. The Bertz CT molecular complexity index is 597. The third-order valence-corrected chi connectivity index (χ3v) is 3.56. The van der Waals surface area contributed by atoms with Crippen LogP contribution in [0.2, 0.25) is 0 Å². The summed E-state index contributed by atoms with van der Waals surface area (Å²) in [7, 11) is 0. The Kier molecular flexibility index (Phi) is 55.8. The largest absolute Gasteiger partial charge is 1.00 e. The van der Waals surface area contributed by atoms with E-state index in [-0.39, 0.29) is 68.3 Å². The molecule has 0 fully saturated rings. The average Bonchev–Trinajstić information content (AvgIpc) is 2.63. The van der Waals surface area contributed by atoms with Gasteiger partial charge in [0.05, 0.1) is 0 Å². The predicted octanol–water partition coefficient (Wildman–Crippen LogP) is 10.4. The zero-order valence-electron chi connectivity index (χ0n) is 31.4. The van der Waals surface area contributed by atoms with Gasteiger partial charge in [0.25, 0.3) is 0 Å². The molecule has 0 aromatic heterocycles. The summed E-state index contributed by atoms with van der Waals surface area (Å²) in [6.45, 7) is 40.7. The Morgan fingerprint density at radius 2 is 0.409 bits per heavy atom. The molecule has 0 aliphatic rings. The molecule has 8 nitrogen and oxygen atoms in total. The van der Waals surface area contributed by atoms with Crippen LogP contribution in [-0.2, 0) is 68.3 Å². The van der Waals surface area contributed by atoms with Gasteiger partial charge in [0.2, 0.25) is 0 Å². The first-order valence-corrected chi connectivity index (χ1v) is 15.1. The Hall–Kier alpha value is -0.0421. The molecular weight excluding hydrogens is 751 g/mol. The second kappa shape index (κ2) is 39.1. The monoisotopic (exact) mass is 816 g/mol. The molecule has 0 aliphatic carbocycles. The van der Waals surface area contributed by atoms with E-state index >= 15 is 0 Å². The molecule has 0 rings (SSSR count). The maximum absolute atomic E-state index is 4.27. The molecule has 0 atom stereocenters. The fraction of sp³-hybridized carbons (Fsp3) is 0.875. The summed E-state index contributed by atoms with van der Waals surface area (Å²) in [5, 5.41) is 17.1. The average molecular weight is 819 g/mol.